The first kappa shape index (κ1) is 34.2. The Bertz CT molecular complexity index is 1620. The monoisotopic (exact) mass is 647 g/mol. The number of likely N-dealkylation sites (N-methyl/N-ethyl adjacent to an activating group) is 1. The Kier molecular flexibility index (Phi) is 10.1. The SMILES string of the molecule is COC[C@@H](N(C)c1cccc(-c2cccc(C)c2OCc2ccc3c(c2F)CCN(C(=O)OC(C)(C)C)CC3)n1)C1(C(=O)OC)CC1. The summed E-state index contributed by atoms with van der Waals surface area (Å²) in [6.07, 6.45) is 2.03. The molecule has 0 unspecified atom stereocenters. The van der Waals surface area contributed by atoms with Gasteiger partial charge in [-0.1, -0.05) is 30.3 Å². The summed E-state index contributed by atoms with van der Waals surface area (Å²) < 4.78 is 38.5. The summed E-state index contributed by atoms with van der Waals surface area (Å²) in [6.45, 7) is 8.70. The Hall–Kier alpha value is -4.18. The number of para-hydroxylation sites is 1. The largest absolute Gasteiger partial charge is 0.488 e. The molecule has 0 spiro atoms. The molecule has 1 saturated carbocycles. The van der Waals surface area contributed by atoms with E-state index in [1.165, 1.54) is 7.11 Å². The predicted molar refractivity (Wildman–Crippen MR) is 178 cm³/mol. The van der Waals surface area contributed by atoms with Gasteiger partial charge in [0.05, 0.1) is 30.9 Å². The maximum Gasteiger partial charge on any atom is 0.410 e. The molecule has 0 bridgehead atoms. The number of benzene rings is 2. The van der Waals surface area contributed by atoms with E-state index in [-0.39, 0.29) is 30.5 Å². The highest BCUT2D eigenvalue weighted by molar-refractivity contribution is 5.81. The zero-order valence-corrected chi connectivity index (χ0v) is 28.5. The number of anilines is 1. The summed E-state index contributed by atoms with van der Waals surface area (Å²) in [7, 11) is 4.96. The third-order valence-electron chi connectivity index (χ3n) is 9.12. The smallest absolute Gasteiger partial charge is 0.410 e. The van der Waals surface area contributed by atoms with Gasteiger partial charge >= 0.3 is 12.1 Å². The van der Waals surface area contributed by atoms with E-state index in [1.807, 2.05) is 82.1 Å². The van der Waals surface area contributed by atoms with Gasteiger partial charge < -0.3 is 28.7 Å². The van der Waals surface area contributed by atoms with E-state index in [0.29, 0.717) is 60.9 Å². The van der Waals surface area contributed by atoms with Crippen molar-refractivity contribution < 1.29 is 32.9 Å². The number of rotatable bonds is 10. The Morgan fingerprint density at radius 2 is 1.77 bits per heavy atom. The van der Waals surface area contributed by atoms with E-state index in [1.54, 1.807) is 18.1 Å². The molecule has 10 heteroatoms. The first-order valence-corrected chi connectivity index (χ1v) is 16.2. The molecule has 47 heavy (non-hydrogen) atoms. The number of carbonyl (C=O) groups excluding carboxylic acids is 2. The minimum Gasteiger partial charge on any atom is -0.488 e. The van der Waals surface area contributed by atoms with Crippen molar-refractivity contribution in [3.8, 4) is 17.0 Å². The third kappa shape index (κ3) is 7.38. The van der Waals surface area contributed by atoms with E-state index < -0.39 is 11.0 Å². The van der Waals surface area contributed by atoms with E-state index >= 15 is 4.39 Å². The average Bonchev–Trinajstić information content (AvgIpc) is 3.87. The topological polar surface area (TPSA) is 90.4 Å². The van der Waals surface area contributed by atoms with Crippen LogP contribution in [0.1, 0.15) is 55.9 Å². The molecule has 2 aromatic carbocycles. The zero-order chi connectivity index (χ0) is 33.9. The van der Waals surface area contributed by atoms with Crippen molar-refractivity contribution in [2.45, 2.75) is 71.6 Å². The highest BCUT2D eigenvalue weighted by Gasteiger charge is 2.58. The van der Waals surface area contributed by atoms with Crippen molar-refractivity contribution >= 4 is 17.9 Å². The molecular formula is C37H46FN3O6. The van der Waals surface area contributed by atoms with Crippen molar-refractivity contribution in [1.82, 2.24) is 9.88 Å². The summed E-state index contributed by atoms with van der Waals surface area (Å²) in [4.78, 5) is 34.0. The second-order valence-corrected chi connectivity index (χ2v) is 13.5. The standard InChI is InChI=1S/C37H46FN3O6/c1-24-10-8-11-28(29-12-9-13-31(39-29)40(5)30(23-44-6)37(18-19-37)34(42)45-7)33(24)46-22-26-15-14-25-16-20-41(21-17-27(25)32(26)38)35(43)47-36(2,3)4/h8-15,30H,16-23H2,1-7H3/t30-/m1/s1. The lowest BCUT2D eigenvalue weighted by Crippen LogP contribution is -2.47. The Morgan fingerprint density at radius 3 is 2.45 bits per heavy atom. The van der Waals surface area contributed by atoms with Gasteiger partial charge in [0, 0.05) is 38.4 Å². The van der Waals surface area contributed by atoms with E-state index in [9.17, 15) is 9.59 Å². The van der Waals surface area contributed by atoms with Crippen LogP contribution in [0, 0.1) is 18.2 Å². The molecule has 1 atom stereocenters. The lowest BCUT2D eigenvalue weighted by atomic mass is 9.95. The minimum absolute atomic E-state index is 0.0316. The number of nitrogens with zero attached hydrogens (tertiary/aromatic N) is 3. The van der Waals surface area contributed by atoms with Gasteiger partial charge in [0.2, 0.25) is 0 Å². The molecule has 1 amide bonds. The fraction of sp³-hybridized carbons (Fsp3) is 0.486. The quantitative estimate of drug-likeness (QED) is 0.230. The lowest BCUT2D eigenvalue weighted by molar-refractivity contribution is -0.148. The number of hydrogen-bond acceptors (Lipinski definition) is 8. The Balaban J connectivity index is 1.35. The number of pyridine rings is 1. The average molecular weight is 648 g/mol. The number of aromatic nitrogens is 1. The molecule has 5 rings (SSSR count). The van der Waals surface area contributed by atoms with Crippen LogP contribution >= 0.6 is 0 Å². The van der Waals surface area contributed by atoms with E-state index in [0.717, 1.165) is 29.5 Å². The molecule has 9 nitrogen and oxygen atoms in total. The van der Waals surface area contributed by atoms with Crippen LogP contribution in [-0.2, 0) is 38.5 Å². The van der Waals surface area contributed by atoms with Crippen LogP contribution in [0.5, 0.6) is 5.75 Å². The molecule has 0 radical (unpaired) electrons. The molecule has 2 heterocycles. The van der Waals surface area contributed by atoms with Gasteiger partial charge in [-0.15, -0.1) is 0 Å². The maximum absolute atomic E-state index is 15.9. The molecule has 1 aliphatic heterocycles. The summed E-state index contributed by atoms with van der Waals surface area (Å²) in [6, 6.07) is 15.0. The van der Waals surface area contributed by atoms with Crippen LogP contribution in [0.3, 0.4) is 0 Å². The van der Waals surface area contributed by atoms with Crippen molar-refractivity contribution in [3.05, 3.63) is 76.6 Å². The Labute approximate surface area is 277 Å². The minimum atomic E-state index is -0.624. The van der Waals surface area contributed by atoms with Crippen LogP contribution in [0.4, 0.5) is 15.0 Å². The second kappa shape index (κ2) is 13.9. The summed E-state index contributed by atoms with van der Waals surface area (Å²) in [5, 5.41) is 0. The van der Waals surface area contributed by atoms with Crippen molar-refractivity contribution in [3.63, 3.8) is 0 Å². The number of hydrogen-bond donors (Lipinski definition) is 0. The third-order valence-corrected chi connectivity index (χ3v) is 9.12. The summed E-state index contributed by atoms with van der Waals surface area (Å²) in [5.74, 6) is 0.771. The second-order valence-electron chi connectivity index (χ2n) is 13.5. The lowest BCUT2D eigenvalue weighted by Gasteiger charge is -2.34. The van der Waals surface area contributed by atoms with Crippen LogP contribution in [0.25, 0.3) is 11.3 Å². The predicted octanol–water partition coefficient (Wildman–Crippen LogP) is 6.52. The molecule has 1 aliphatic carbocycles. The van der Waals surface area contributed by atoms with Crippen LogP contribution in [-0.4, -0.2) is 74.6 Å². The molecular weight excluding hydrogens is 601 g/mol. The first-order valence-electron chi connectivity index (χ1n) is 16.2. The van der Waals surface area contributed by atoms with Crippen LogP contribution in [0.15, 0.2) is 48.5 Å². The van der Waals surface area contributed by atoms with E-state index in [2.05, 4.69) is 0 Å². The normalized spacial score (nSPS) is 16.0. The van der Waals surface area contributed by atoms with Gasteiger partial charge in [0.25, 0.3) is 0 Å². The number of carbonyl (C=O) groups is 2. The maximum atomic E-state index is 15.9. The molecule has 1 fully saturated rings. The number of methoxy groups -OCH3 is 2. The molecule has 0 N–H and O–H groups in total. The molecule has 3 aromatic rings. The van der Waals surface area contributed by atoms with E-state index in [4.69, 9.17) is 23.9 Å². The van der Waals surface area contributed by atoms with Crippen LogP contribution in [0.2, 0.25) is 0 Å². The molecule has 1 aromatic heterocycles. The van der Waals surface area contributed by atoms with Crippen molar-refractivity contribution in [2.24, 2.45) is 5.41 Å². The zero-order valence-electron chi connectivity index (χ0n) is 28.5. The van der Waals surface area contributed by atoms with Gasteiger partial charge in [0.15, 0.2) is 0 Å². The molecule has 0 saturated heterocycles. The summed E-state index contributed by atoms with van der Waals surface area (Å²) in [5.41, 5.74) is 3.11. The fourth-order valence-corrected chi connectivity index (χ4v) is 6.38. The van der Waals surface area contributed by atoms with Crippen molar-refractivity contribution in [2.75, 3.05) is 45.9 Å². The number of ether oxygens (including phenoxy) is 4. The highest BCUT2D eigenvalue weighted by atomic mass is 19.1. The summed E-state index contributed by atoms with van der Waals surface area (Å²) >= 11 is 0. The van der Waals surface area contributed by atoms with Crippen molar-refractivity contribution in [1.29, 1.82) is 0 Å². The van der Waals surface area contributed by atoms with Gasteiger partial charge in [-0.2, -0.15) is 0 Å². The Morgan fingerprint density at radius 1 is 1.04 bits per heavy atom. The fourth-order valence-electron chi connectivity index (χ4n) is 6.38. The number of esters is 1. The molecule has 2 aliphatic rings. The van der Waals surface area contributed by atoms with Gasteiger partial charge in [-0.25, -0.2) is 14.2 Å². The number of aryl methyl sites for hydroxylation is 1. The van der Waals surface area contributed by atoms with Crippen LogP contribution < -0.4 is 9.64 Å². The highest BCUT2D eigenvalue weighted by Crippen LogP contribution is 2.52. The van der Waals surface area contributed by atoms with Gasteiger partial charge in [0.1, 0.15) is 29.6 Å². The number of halogens is 1. The number of fused-ring (bicyclic) bond motifs is 1. The van der Waals surface area contributed by atoms with Gasteiger partial charge in [-0.3, -0.25) is 4.79 Å². The first-order chi connectivity index (χ1) is 22.4. The van der Waals surface area contributed by atoms with Gasteiger partial charge in [-0.05, 0) is 88.3 Å². The number of amides is 1. The molecule has 252 valence electrons.